The fourth-order valence-electron chi connectivity index (χ4n) is 2.97. The molecule has 0 atom stereocenters. The fraction of sp³-hybridized carbons (Fsp3) is 0.560. The minimum absolute atomic E-state index is 0.170. The molecule has 0 aliphatic carbocycles. The molecule has 0 fully saturated rings. The van der Waals surface area contributed by atoms with Gasteiger partial charge >= 0.3 is 5.97 Å². The minimum Gasteiger partial charge on any atom is -0.493 e. The van der Waals surface area contributed by atoms with Crippen molar-refractivity contribution in [2.75, 3.05) is 19.8 Å². The number of hydrogen-bond acceptors (Lipinski definition) is 4. The second-order valence-corrected chi connectivity index (χ2v) is 7.07. The molecule has 0 saturated heterocycles. The van der Waals surface area contributed by atoms with E-state index < -0.39 is 0 Å². The highest BCUT2D eigenvalue weighted by molar-refractivity contribution is 5.69. The first-order valence-corrected chi connectivity index (χ1v) is 11.1. The topological polar surface area (TPSA) is 55.8 Å². The van der Waals surface area contributed by atoms with Crippen molar-refractivity contribution < 1.29 is 19.4 Å². The number of esters is 1. The molecule has 0 saturated carbocycles. The van der Waals surface area contributed by atoms with Crippen LogP contribution in [0.3, 0.4) is 0 Å². The number of aliphatic hydroxyl groups is 1. The zero-order chi connectivity index (χ0) is 21.0. The van der Waals surface area contributed by atoms with Crippen LogP contribution in [-0.4, -0.2) is 30.9 Å². The van der Waals surface area contributed by atoms with E-state index in [-0.39, 0.29) is 5.97 Å². The number of carbonyl (C=O) groups excluding carboxylic acids is 1. The predicted octanol–water partition coefficient (Wildman–Crippen LogP) is 6.09. The number of benzene rings is 1. The van der Waals surface area contributed by atoms with Gasteiger partial charge in [0.05, 0.1) is 13.2 Å². The third kappa shape index (κ3) is 13.7. The lowest BCUT2D eigenvalue weighted by atomic mass is 10.1. The van der Waals surface area contributed by atoms with E-state index in [1.807, 2.05) is 31.2 Å². The number of ether oxygens (including phenoxy) is 2. The summed E-state index contributed by atoms with van der Waals surface area (Å²) in [4.78, 5) is 11.4. The normalized spacial score (nSPS) is 11.4. The monoisotopic (exact) mass is 402 g/mol. The van der Waals surface area contributed by atoms with E-state index >= 15 is 0 Å². The summed E-state index contributed by atoms with van der Waals surface area (Å²) in [7, 11) is 0. The number of hydrogen-bond donors (Lipinski definition) is 1. The van der Waals surface area contributed by atoms with Gasteiger partial charge in [-0.2, -0.15) is 0 Å². The van der Waals surface area contributed by atoms with Gasteiger partial charge in [0.25, 0.3) is 0 Å². The fourth-order valence-corrected chi connectivity index (χ4v) is 2.97. The van der Waals surface area contributed by atoms with Crippen LogP contribution in [0.5, 0.6) is 5.75 Å². The molecule has 0 spiro atoms. The molecule has 0 unspecified atom stereocenters. The van der Waals surface area contributed by atoms with Crippen molar-refractivity contribution in [3.8, 4) is 5.75 Å². The number of para-hydroxylation sites is 1. The van der Waals surface area contributed by atoms with E-state index in [0.29, 0.717) is 32.7 Å². The van der Waals surface area contributed by atoms with Crippen LogP contribution in [0.2, 0.25) is 0 Å². The van der Waals surface area contributed by atoms with Crippen LogP contribution in [0.1, 0.15) is 76.7 Å². The van der Waals surface area contributed by atoms with E-state index in [1.54, 1.807) is 0 Å². The van der Waals surface area contributed by atoms with Crippen LogP contribution < -0.4 is 4.74 Å². The highest BCUT2D eigenvalue weighted by Gasteiger charge is 2.03. The summed E-state index contributed by atoms with van der Waals surface area (Å²) < 4.78 is 10.7. The Morgan fingerprint density at radius 1 is 0.966 bits per heavy atom. The molecule has 0 heterocycles. The van der Waals surface area contributed by atoms with Gasteiger partial charge in [0.1, 0.15) is 5.75 Å². The summed E-state index contributed by atoms with van der Waals surface area (Å²) in [6.45, 7) is 3.06. The molecule has 0 aliphatic heterocycles. The molecule has 29 heavy (non-hydrogen) atoms. The molecule has 0 bridgehead atoms. The Hall–Kier alpha value is -2.07. The van der Waals surface area contributed by atoms with Crippen molar-refractivity contribution >= 4 is 12.0 Å². The van der Waals surface area contributed by atoms with Crippen molar-refractivity contribution in [3.63, 3.8) is 0 Å². The van der Waals surface area contributed by atoms with Crippen LogP contribution in [0.15, 0.2) is 42.5 Å². The molecule has 1 rings (SSSR count). The van der Waals surface area contributed by atoms with Crippen LogP contribution in [0.25, 0.3) is 6.08 Å². The average molecular weight is 403 g/mol. The summed E-state index contributed by atoms with van der Waals surface area (Å²) >= 11 is 0. The Labute approximate surface area is 176 Å². The molecule has 1 aromatic rings. The van der Waals surface area contributed by atoms with Gasteiger partial charge in [0, 0.05) is 18.6 Å². The van der Waals surface area contributed by atoms with Crippen LogP contribution in [0.4, 0.5) is 0 Å². The summed E-state index contributed by atoms with van der Waals surface area (Å²) in [6, 6.07) is 7.93. The maximum Gasteiger partial charge on any atom is 0.305 e. The Morgan fingerprint density at radius 2 is 1.69 bits per heavy atom. The van der Waals surface area contributed by atoms with Gasteiger partial charge in [0.15, 0.2) is 0 Å². The van der Waals surface area contributed by atoms with Gasteiger partial charge in [-0.05, 0) is 38.7 Å². The molecule has 1 N–H and O–H groups in total. The molecule has 162 valence electrons. The van der Waals surface area contributed by atoms with Crippen molar-refractivity contribution in [3.05, 3.63) is 48.1 Å². The van der Waals surface area contributed by atoms with E-state index in [1.165, 1.54) is 32.1 Å². The summed E-state index contributed by atoms with van der Waals surface area (Å²) in [5.41, 5.74) is 1.04. The molecular formula is C25H38O4. The van der Waals surface area contributed by atoms with Gasteiger partial charge in [0.2, 0.25) is 0 Å². The molecular weight excluding hydrogens is 364 g/mol. The highest BCUT2D eigenvalue weighted by Crippen LogP contribution is 2.20. The first-order chi connectivity index (χ1) is 14.3. The molecule has 0 amide bonds. The third-order valence-corrected chi connectivity index (χ3v) is 4.56. The Kier molecular flexibility index (Phi) is 15.5. The van der Waals surface area contributed by atoms with Gasteiger partial charge in [-0.1, -0.05) is 74.6 Å². The second-order valence-electron chi connectivity index (χ2n) is 7.07. The van der Waals surface area contributed by atoms with Crippen molar-refractivity contribution in [2.45, 2.75) is 71.1 Å². The number of allylic oxidation sites excluding steroid dienone is 3. The van der Waals surface area contributed by atoms with Crippen LogP contribution >= 0.6 is 0 Å². The highest BCUT2D eigenvalue weighted by atomic mass is 16.5. The lowest BCUT2D eigenvalue weighted by Gasteiger charge is -2.08. The van der Waals surface area contributed by atoms with E-state index in [4.69, 9.17) is 14.6 Å². The Balaban J connectivity index is 2.21. The second kappa shape index (κ2) is 18.0. The number of unbranched alkanes of at least 4 members (excludes halogenated alkanes) is 7. The van der Waals surface area contributed by atoms with Crippen LogP contribution in [0, 0.1) is 0 Å². The maximum atomic E-state index is 11.4. The quantitative estimate of drug-likeness (QED) is 0.195. The average Bonchev–Trinajstić information content (AvgIpc) is 2.73. The zero-order valence-corrected chi connectivity index (χ0v) is 18.0. The first-order valence-electron chi connectivity index (χ1n) is 11.1. The van der Waals surface area contributed by atoms with Crippen molar-refractivity contribution in [1.29, 1.82) is 0 Å². The molecule has 0 aliphatic rings. The molecule has 1 aromatic carbocycles. The van der Waals surface area contributed by atoms with E-state index in [2.05, 4.69) is 24.3 Å². The third-order valence-electron chi connectivity index (χ3n) is 4.56. The Morgan fingerprint density at radius 3 is 2.45 bits per heavy atom. The lowest BCUT2D eigenvalue weighted by Crippen LogP contribution is -2.07. The predicted molar refractivity (Wildman–Crippen MR) is 120 cm³/mol. The zero-order valence-electron chi connectivity index (χ0n) is 18.0. The molecule has 4 nitrogen and oxygen atoms in total. The van der Waals surface area contributed by atoms with Crippen molar-refractivity contribution in [1.82, 2.24) is 0 Å². The summed E-state index contributed by atoms with van der Waals surface area (Å²) in [6.07, 6.45) is 19.0. The molecule has 4 heteroatoms. The number of aliphatic hydroxyl groups excluding tert-OH is 1. The van der Waals surface area contributed by atoms with E-state index in [0.717, 1.165) is 30.6 Å². The molecule has 0 aromatic heterocycles. The van der Waals surface area contributed by atoms with Gasteiger partial charge in [-0.3, -0.25) is 4.79 Å². The standard InChI is InChI=1S/C25H38O4/c1-2-28-25(27)20-16-22-29-24-19-14-13-18-23(24)17-12-10-8-6-4-3-5-7-9-11-15-21-26/h8,10,12-14,17-19,26H,2-7,9,11,15-16,20-22H2,1H3. The van der Waals surface area contributed by atoms with Gasteiger partial charge in [-0.25, -0.2) is 0 Å². The van der Waals surface area contributed by atoms with E-state index in [9.17, 15) is 4.79 Å². The summed E-state index contributed by atoms with van der Waals surface area (Å²) in [5, 5.41) is 8.75. The summed E-state index contributed by atoms with van der Waals surface area (Å²) in [5.74, 6) is 0.665. The largest absolute Gasteiger partial charge is 0.493 e. The SMILES string of the molecule is CCOC(=O)CCCOc1ccccc1C=CC=CCCCCCCCCCO. The number of rotatable bonds is 17. The lowest BCUT2D eigenvalue weighted by molar-refractivity contribution is -0.143. The number of carbonyl (C=O) groups is 1. The first kappa shape index (κ1) is 25.0. The van der Waals surface area contributed by atoms with Crippen LogP contribution in [-0.2, 0) is 9.53 Å². The smallest absolute Gasteiger partial charge is 0.305 e. The van der Waals surface area contributed by atoms with Crippen molar-refractivity contribution in [2.24, 2.45) is 0 Å². The minimum atomic E-state index is -0.170. The van der Waals surface area contributed by atoms with Gasteiger partial charge < -0.3 is 14.6 Å². The Bertz CT molecular complexity index is 592. The molecule has 0 radical (unpaired) electrons. The maximum absolute atomic E-state index is 11.4. The van der Waals surface area contributed by atoms with Gasteiger partial charge in [-0.15, -0.1) is 0 Å².